The second-order valence-corrected chi connectivity index (χ2v) is 5.04. The highest BCUT2D eigenvalue weighted by Crippen LogP contribution is 2.30. The van der Waals surface area contributed by atoms with Crippen molar-refractivity contribution < 1.29 is 9.13 Å². The molecule has 1 saturated heterocycles. The highest BCUT2D eigenvalue weighted by Gasteiger charge is 2.19. The Kier molecular flexibility index (Phi) is 4.77. The maximum absolute atomic E-state index is 13.9. The summed E-state index contributed by atoms with van der Waals surface area (Å²) in [6.45, 7) is 10.1. The van der Waals surface area contributed by atoms with E-state index in [0.29, 0.717) is 5.56 Å². The summed E-state index contributed by atoms with van der Waals surface area (Å²) in [5.74, 6) is -0.128. The van der Waals surface area contributed by atoms with Gasteiger partial charge < -0.3 is 15.0 Å². The van der Waals surface area contributed by atoms with Gasteiger partial charge in [0.1, 0.15) is 5.82 Å². The van der Waals surface area contributed by atoms with Crippen molar-refractivity contribution >= 4 is 5.69 Å². The van der Waals surface area contributed by atoms with Gasteiger partial charge in [-0.25, -0.2) is 4.39 Å². The zero-order chi connectivity index (χ0) is 13.8. The fraction of sp³-hybridized carbons (Fsp3) is 0.600. The Morgan fingerprint density at radius 3 is 2.68 bits per heavy atom. The molecule has 0 bridgehead atoms. The molecule has 19 heavy (non-hydrogen) atoms. The molecule has 1 heterocycles. The highest BCUT2D eigenvalue weighted by atomic mass is 19.1. The molecule has 3 nitrogen and oxygen atoms in total. The van der Waals surface area contributed by atoms with Gasteiger partial charge in [-0.15, -0.1) is 0 Å². The van der Waals surface area contributed by atoms with Gasteiger partial charge in [-0.05, 0) is 43.7 Å². The number of anilines is 1. The molecule has 0 aromatic heterocycles. The molecule has 1 atom stereocenters. The summed E-state index contributed by atoms with van der Waals surface area (Å²) < 4.78 is 19.2. The summed E-state index contributed by atoms with van der Waals surface area (Å²) >= 11 is 0. The fourth-order valence-electron chi connectivity index (χ4n) is 2.52. The minimum Gasteiger partial charge on any atom is -0.378 e. The van der Waals surface area contributed by atoms with Crippen LogP contribution in [0.5, 0.6) is 0 Å². The number of ether oxygens (including phenoxy) is 1. The van der Waals surface area contributed by atoms with Crippen LogP contribution in [0.1, 0.15) is 31.0 Å². The largest absolute Gasteiger partial charge is 0.378 e. The van der Waals surface area contributed by atoms with Crippen molar-refractivity contribution in [3.8, 4) is 0 Å². The van der Waals surface area contributed by atoms with E-state index in [9.17, 15) is 4.39 Å². The van der Waals surface area contributed by atoms with Crippen LogP contribution in [-0.4, -0.2) is 32.8 Å². The number of benzene rings is 1. The monoisotopic (exact) mass is 266 g/mol. The van der Waals surface area contributed by atoms with Crippen molar-refractivity contribution in [2.75, 3.05) is 37.7 Å². The average Bonchev–Trinajstić information content (AvgIpc) is 2.42. The molecule has 1 aliphatic heterocycles. The molecule has 1 aromatic carbocycles. The maximum atomic E-state index is 13.9. The molecule has 4 heteroatoms. The number of hydrogen-bond acceptors (Lipinski definition) is 3. The van der Waals surface area contributed by atoms with E-state index in [-0.39, 0.29) is 11.9 Å². The van der Waals surface area contributed by atoms with Crippen LogP contribution < -0.4 is 10.2 Å². The van der Waals surface area contributed by atoms with Gasteiger partial charge in [-0.2, -0.15) is 0 Å². The minimum atomic E-state index is -0.128. The van der Waals surface area contributed by atoms with Crippen molar-refractivity contribution in [1.29, 1.82) is 0 Å². The van der Waals surface area contributed by atoms with Gasteiger partial charge in [0.15, 0.2) is 0 Å². The lowest BCUT2D eigenvalue weighted by atomic mass is 10.0. The van der Waals surface area contributed by atoms with E-state index in [1.807, 2.05) is 13.0 Å². The van der Waals surface area contributed by atoms with Crippen LogP contribution in [-0.2, 0) is 4.74 Å². The number of hydrogen-bond donors (Lipinski definition) is 1. The van der Waals surface area contributed by atoms with Gasteiger partial charge in [0, 0.05) is 24.8 Å². The molecule has 1 fully saturated rings. The Bertz CT molecular complexity index is 430. The lowest BCUT2D eigenvalue weighted by Crippen LogP contribution is -2.37. The zero-order valence-corrected chi connectivity index (χ0v) is 12.0. The molecular formula is C15H23FN2O. The first kappa shape index (κ1) is 14.3. The number of rotatable bonds is 4. The van der Waals surface area contributed by atoms with E-state index in [0.717, 1.165) is 44.1 Å². The molecular weight excluding hydrogens is 243 g/mol. The molecule has 1 unspecified atom stereocenters. The maximum Gasteiger partial charge on any atom is 0.126 e. The quantitative estimate of drug-likeness (QED) is 0.906. The lowest BCUT2D eigenvalue weighted by molar-refractivity contribution is 0.122. The normalized spacial score (nSPS) is 17.6. The van der Waals surface area contributed by atoms with Crippen LogP contribution >= 0.6 is 0 Å². The Morgan fingerprint density at radius 1 is 1.37 bits per heavy atom. The second-order valence-electron chi connectivity index (χ2n) is 5.04. The van der Waals surface area contributed by atoms with Crippen molar-refractivity contribution in [3.63, 3.8) is 0 Å². The van der Waals surface area contributed by atoms with E-state index in [1.54, 1.807) is 6.07 Å². The summed E-state index contributed by atoms with van der Waals surface area (Å²) in [5, 5.41) is 3.36. The van der Waals surface area contributed by atoms with Crippen molar-refractivity contribution in [2.45, 2.75) is 26.8 Å². The molecule has 1 aliphatic rings. The first-order valence-electron chi connectivity index (χ1n) is 6.99. The first-order chi connectivity index (χ1) is 9.13. The third kappa shape index (κ3) is 3.25. The Morgan fingerprint density at radius 2 is 2.05 bits per heavy atom. The van der Waals surface area contributed by atoms with Gasteiger partial charge in [0.2, 0.25) is 0 Å². The van der Waals surface area contributed by atoms with Crippen LogP contribution in [0.3, 0.4) is 0 Å². The van der Waals surface area contributed by atoms with E-state index >= 15 is 0 Å². The van der Waals surface area contributed by atoms with Gasteiger partial charge in [0.05, 0.1) is 13.2 Å². The molecule has 1 N–H and O–H groups in total. The Labute approximate surface area is 114 Å². The second kappa shape index (κ2) is 6.35. The van der Waals surface area contributed by atoms with Crippen molar-refractivity contribution in [3.05, 3.63) is 29.1 Å². The van der Waals surface area contributed by atoms with Crippen LogP contribution in [0.2, 0.25) is 0 Å². The molecule has 106 valence electrons. The summed E-state index contributed by atoms with van der Waals surface area (Å²) in [7, 11) is 0. The van der Waals surface area contributed by atoms with Crippen LogP contribution in [0.25, 0.3) is 0 Å². The topological polar surface area (TPSA) is 24.5 Å². The molecule has 0 aliphatic carbocycles. The Hall–Kier alpha value is -1.13. The summed E-state index contributed by atoms with van der Waals surface area (Å²) in [6, 6.07) is 3.79. The number of morpholine rings is 1. The number of nitrogens with one attached hydrogen (secondary N) is 1. The minimum absolute atomic E-state index is 0.128. The number of halogens is 1. The smallest absolute Gasteiger partial charge is 0.126 e. The van der Waals surface area contributed by atoms with E-state index in [1.165, 1.54) is 0 Å². The molecule has 0 radical (unpaired) electrons. The lowest BCUT2D eigenvalue weighted by Gasteiger charge is -2.32. The molecule has 1 aromatic rings. The predicted octanol–water partition coefficient (Wildman–Crippen LogP) is 2.64. The zero-order valence-electron chi connectivity index (χ0n) is 12.0. The number of nitrogens with zero attached hydrogens (tertiary/aromatic N) is 1. The van der Waals surface area contributed by atoms with Crippen LogP contribution in [0.4, 0.5) is 10.1 Å². The van der Waals surface area contributed by atoms with E-state index < -0.39 is 0 Å². The molecule has 0 amide bonds. The summed E-state index contributed by atoms with van der Waals surface area (Å²) in [4.78, 5) is 2.29. The van der Waals surface area contributed by atoms with E-state index in [4.69, 9.17) is 4.74 Å². The third-order valence-electron chi connectivity index (χ3n) is 3.64. The van der Waals surface area contributed by atoms with Crippen molar-refractivity contribution in [1.82, 2.24) is 5.32 Å². The predicted molar refractivity (Wildman–Crippen MR) is 76.3 cm³/mol. The average molecular weight is 266 g/mol. The van der Waals surface area contributed by atoms with Gasteiger partial charge in [-0.3, -0.25) is 0 Å². The molecule has 0 spiro atoms. The molecule has 2 rings (SSSR count). The van der Waals surface area contributed by atoms with Gasteiger partial charge in [0.25, 0.3) is 0 Å². The third-order valence-corrected chi connectivity index (χ3v) is 3.64. The fourth-order valence-corrected chi connectivity index (χ4v) is 2.52. The SMILES string of the molecule is CCNC(C)c1cc(F)c(C)cc1N1CCOCC1. The standard InChI is InChI=1S/C15H23FN2O/c1-4-17-12(3)13-10-14(16)11(2)9-15(13)18-5-7-19-8-6-18/h9-10,12,17H,4-8H2,1-3H3. The summed E-state index contributed by atoms with van der Waals surface area (Å²) in [5.41, 5.74) is 2.87. The first-order valence-corrected chi connectivity index (χ1v) is 6.99. The highest BCUT2D eigenvalue weighted by molar-refractivity contribution is 5.57. The molecule has 0 saturated carbocycles. The van der Waals surface area contributed by atoms with Crippen LogP contribution in [0, 0.1) is 12.7 Å². The van der Waals surface area contributed by atoms with Crippen molar-refractivity contribution in [2.24, 2.45) is 0 Å². The van der Waals surface area contributed by atoms with Gasteiger partial charge in [-0.1, -0.05) is 6.92 Å². The Balaban J connectivity index is 2.35. The summed E-state index contributed by atoms with van der Waals surface area (Å²) in [6.07, 6.45) is 0. The van der Waals surface area contributed by atoms with Gasteiger partial charge >= 0.3 is 0 Å². The number of aryl methyl sites for hydroxylation is 1. The van der Waals surface area contributed by atoms with Crippen LogP contribution in [0.15, 0.2) is 12.1 Å². The van der Waals surface area contributed by atoms with E-state index in [2.05, 4.69) is 24.1 Å².